The number of aryl methyl sites for hydroxylation is 1. The summed E-state index contributed by atoms with van der Waals surface area (Å²) in [4.78, 5) is 14.0. The standard InChI is InChI=1S/C14H21NO2/c1-11-12(7-8-17-11)9-15(2)10-13-5-3-4-6-14(13)16/h7-8,13H,3-6,9-10H2,1-2H3. The molecule has 0 spiro atoms. The molecule has 1 fully saturated rings. The number of carbonyl (C=O) groups excluding carboxylic acids is 1. The molecule has 1 aromatic rings. The van der Waals surface area contributed by atoms with Gasteiger partial charge in [-0.25, -0.2) is 0 Å². The van der Waals surface area contributed by atoms with Crippen LogP contribution in [0.2, 0.25) is 0 Å². The molecule has 0 aromatic carbocycles. The molecule has 0 bridgehead atoms. The van der Waals surface area contributed by atoms with Crippen molar-refractivity contribution in [3.05, 3.63) is 23.7 Å². The molecule has 1 heterocycles. The van der Waals surface area contributed by atoms with E-state index in [0.717, 1.165) is 38.1 Å². The van der Waals surface area contributed by atoms with Gasteiger partial charge in [-0.2, -0.15) is 0 Å². The lowest BCUT2D eigenvalue weighted by Gasteiger charge is -2.25. The second kappa shape index (κ2) is 5.50. The summed E-state index contributed by atoms with van der Waals surface area (Å²) >= 11 is 0. The Bertz CT molecular complexity index is 383. The average Bonchev–Trinajstić information content (AvgIpc) is 2.68. The van der Waals surface area contributed by atoms with Crippen LogP contribution in [0.25, 0.3) is 0 Å². The smallest absolute Gasteiger partial charge is 0.137 e. The molecular formula is C14H21NO2. The SMILES string of the molecule is Cc1occc1CN(C)CC1CCCCC1=O. The van der Waals surface area contributed by atoms with Gasteiger partial charge in [0.05, 0.1) is 6.26 Å². The molecule has 94 valence electrons. The van der Waals surface area contributed by atoms with Crippen LogP contribution in [-0.4, -0.2) is 24.3 Å². The summed E-state index contributed by atoms with van der Waals surface area (Å²) in [7, 11) is 2.08. The van der Waals surface area contributed by atoms with Crippen molar-refractivity contribution in [2.24, 2.45) is 5.92 Å². The van der Waals surface area contributed by atoms with Crippen LogP contribution in [0.4, 0.5) is 0 Å². The summed E-state index contributed by atoms with van der Waals surface area (Å²) in [5, 5.41) is 0. The Hall–Kier alpha value is -1.09. The molecule has 1 aromatic heterocycles. The second-order valence-corrected chi connectivity index (χ2v) is 5.11. The molecule has 1 aliphatic rings. The zero-order chi connectivity index (χ0) is 12.3. The lowest BCUT2D eigenvalue weighted by molar-refractivity contribution is -0.125. The molecule has 0 saturated heterocycles. The van der Waals surface area contributed by atoms with Crippen molar-refractivity contribution in [1.29, 1.82) is 0 Å². The van der Waals surface area contributed by atoms with E-state index < -0.39 is 0 Å². The van der Waals surface area contributed by atoms with E-state index in [0.29, 0.717) is 5.78 Å². The Kier molecular flexibility index (Phi) is 4.00. The molecule has 3 nitrogen and oxygen atoms in total. The van der Waals surface area contributed by atoms with Gasteiger partial charge in [0.2, 0.25) is 0 Å². The molecule has 1 aliphatic carbocycles. The van der Waals surface area contributed by atoms with E-state index in [-0.39, 0.29) is 5.92 Å². The predicted octanol–water partition coefficient (Wildman–Crippen LogP) is 2.78. The minimum Gasteiger partial charge on any atom is -0.469 e. The minimum absolute atomic E-state index is 0.251. The molecule has 17 heavy (non-hydrogen) atoms. The van der Waals surface area contributed by atoms with E-state index >= 15 is 0 Å². The number of carbonyl (C=O) groups is 1. The van der Waals surface area contributed by atoms with Crippen LogP contribution >= 0.6 is 0 Å². The second-order valence-electron chi connectivity index (χ2n) is 5.11. The summed E-state index contributed by atoms with van der Waals surface area (Å²) in [6, 6.07) is 2.01. The zero-order valence-corrected chi connectivity index (χ0v) is 10.7. The van der Waals surface area contributed by atoms with Crippen molar-refractivity contribution >= 4 is 5.78 Å². The monoisotopic (exact) mass is 235 g/mol. The van der Waals surface area contributed by atoms with E-state index in [1.807, 2.05) is 13.0 Å². The maximum Gasteiger partial charge on any atom is 0.137 e. The van der Waals surface area contributed by atoms with Gasteiger partial charge < -0.3 is 9.32 Å². The van der Waals surface area contributed by atoms with Crippen molar-refractivity contribution in [2.75, 3.05) is 13.6 Å². The van der Waals surface area contributed by atoms with Crippen molar-refractivity contribution in [1.82, 2.24) is 4.90 Å². The van der Waals surface area contributed by atoms with Crippen LogP contribution in [0.15, 0.2) is 16.7 Å². The number of rotatable bonds is 4. The fourth-order valence-corrected chi connectivity index (χ4v) is 2.56. The number of Topliss-reactive ketones (excluding diaryl/α,β-unsaturated/α-hetero) is 1. The largest absolute Gasteiger partial charge is 0.469 e. The van der Waals surface area contributed by atoms with Gasteiger partial charge in [-0.15, -0.1) is 0 Å². The van der Waals surface area contributed by atoms with Gasteiger partial charge in [-0.3, -0.25) is 4.79 Å². The predicted molar refractivity (Wildman–Crippen MR) is 66.7 cm³/mol. The van der Waals surface area contributed by atoms with Crippen LogP contribution in [0.3, 0.4) is 0 Å². The highest BCUT2D eigenvalue weighted by Gasteiger charge is 2.23. The summed E-state index contributed by atoms with van der Waals surface area (Å²) < 4.78 is 5.28. The van der Waals surface area contributed by atoms with Gasteiger partial charge in [0.1, 0.15) is 11.5 Å². The maximum absolute atomic E-state index is 11.8. The third kappa shape index (κ3) is 3.19. The Balaban J connectivity index is 1.86. The van der Waals surface area contributed by atoms with Crippen molar-refractivity contribution in [2.45, 2.75) is 39.2 Å². The van der Waals surface area contributed by atoms with E-state index in [2.05, 4.69) is 11.9 Å². The van der Waals surface area contributed by atoms with E-state index in [4.69, 9.17) is 4.42 Å². The average molecular weight is 235 g/mol. The van der Waals surface area contributed by atoms with Crippen LogP contribution in [-0.2, 0) is 11.3 Å². The molecular weight excluding hydrogens is 214 g/mol. The molecule has 0 aliphatic heterocycles. The molecule has 2 rings (SSSR count). The normalized spacial score (nSPS) is 21.1. The third-order valence-electron chi connectivity index (χ3n) is 3.62. The fourth-order valence-electron chi connectivity index (χ4n) is 2.56. The Morgan fingerprint density at radius 1 is 1.47 bits per heavy atom. The highest BCUT2D eigenvalue weighted by molar-refractivity contribution is 5.81. The number of hydrogen-bond acceptors (Lipinski definition) is 3. The van der Waals surface area contributed by atoms with Gasteiger partial charge in [0, 0.05) is 31.0 Å². The highest BCUT2D eigenvalue weighted by Crippen LogP contribution is 2.22. The third-order valence-corrected chi connectivity index (χ3v) is 3.62. The number of furan rings is 1. The Labute approximate surface area is 103 Å². The summed E-state index contributed by atoms with van der Waals surface area (Å²) in [5.74, 6) is 1.68. The van der Waals surface area contributed by atoms with Crippen LogP contribution in [0, 0.1) is 12.8 Å². The summed E-state index contributed by atoms with van der Waals surface area (Å²) in [6.07, 6.45) is 5.86. The lowest BCUT2D eigenvalue weighted by atomic mass is 9.87. The van der Waals surface area contributed by atoms with E-state index in [9.17, 15) is 4.79 Å². The lowest BCUT2D eigenvalue weighted by Crippen LogP contribution is -2.32. The van der Waals surface area contributed by atoms with Gasteiger partial charge in [0.25, 0.3) is 0 Å². The summed E-state index contributed by atoms with van der Waals surface area (Å²) in [5.41, 5.74) is 1.22. The molecule has 0 radical (unpaired) electrons. The van der Waals surface area contributed by atoms with Crippen LogP contribution in [0.1, 0.15) is 37.0 Å². The van der Waals surface area contributed by atoms with E-state index in [1.165, 1.54) is 12.0 Å². The quantitative estimate of drug-likeness (QED) is 0.804. The zero-order valence-electron chi connectivity index (χ0n) is 10.7. The number of nitrogens with zero attached hydrogens (tertiary/aromatic N) is 1. The molecule has 0 N–H and O–H groups in total. The summed E-state index contributed by atoms with van der Waals surface area (Å²) in [6.45, 7) is 3.73. The fraction of sp³-hybridized carbons (Fsp3) is 0.643. The van der Waals surface area contributed by atoms with Crippen molar-refractivity contribution < 1.29 is 9.21 Å². The van der Waals surface area contributed by atoms with Gasteiger partial charge in [0.15, 0.2) is 0 Å². The molecule has 1 saturated carbocycles. The van der Waals surface area contributed by atoms with Gasteiger partial charge >= 0.3 is 0 Å². The molecule has 1 atom stereocenters. The first-order chi connectivity index (χ1) is 8.16. The molecule has 0 amide bonds. The molecule has 3 heteroatoms. The first-order valence-corrected chi connectivity index (χ1v) is 6.41. The van der Waals surface area contributed by atoms with E-state index in [1.54, 1.807) is 6.26 Å². The van der Waals surface area contributed by atoms with Gasteiger partial charge in [-0.1, -0.05) is 6.42 Å². The van der Waals surface area contributed by atoms with Crippen LogP contribution < -0.4 is 0 Å². The van der Waals surface area contributed by atoms with Crippen molar-refractivity contribution in [3.8, 4) is 0 Å². The Morgan fingerprint density at radius 3 is 2.94 bits per heavy atom. The van der Waals surface area contributed by atoms with Crippen LogP contribution in [0.5, 0.6) is 0 Å². The Morgan fingerprint density at radius 2 is 2.29 bits per heavy atom. The maximum atomic E-state index is 11.8. The molecule has 1 unspecified atom stereocenters. The minimum atomic E-state index is 0.251. The van der Waals surface area contributed by atoms with Gasteiger partial charge in [-0.05, 0) is 32.9 Å². The number of ketones is 1. The topological polar surface area (TPSA) is 33.5 Å². The van der Waals surface area contributed by atoms with Crippen molar-refractivity contribution in [3.63, 3.8) is 0 Å². The first kappa shape index (κ1) is 12.4. The first-order valence-electron chi connectivity index (χ1n) is 6.41. The highest BCUT2D eigenvalue weighted by atomic mass is 16.3. The number of hydrogen-bond donors (Lipinski definition) is 0.